The summed E-state index contributed by atoms with van der Waals surface area (Å²) in [6.45, 7) is 1.85. The van der Waals surface area contributed by atoms with E-state index in [4.69, 9.17) is 0 Å². The molecule has 1 N–H and O–H groups in total. The van der Waals surface area contributed by atoms with Crippen molar-refractivity contribution < 1.29 is 14.8 Å². The van der Waals surface area contributed by atoms with Crippen molar-refractivity contribution in [3.63, 3.8) is 0 Å². The Bertz CT molecular complexity index is 1050. The second-order valence-electron chi connectivity index (χ2n) is 6.72. The summed E-state index contributed by atoms with van der Waals surface area (Å²) < 4.78 is 2.08. The molecular formula is C20H18N2O4. The molecule has 4 rings (SSSR count). The van der Waals surface area contributed by atoms with Gasteiger partial charge in [0.1, 0.15) is 0 Å². The minimum Gasteiger partial charge on any atom is -0.481 e. The second-order valence-corrected chi connectivity index (χ2v) is 6.72. The largest absolute Gasteiger partial charge is 0.481 e. The quantitative estimate of drug-likeness (QED) is 0.562. The maximum atomic E-state index is 11.8. The van der Waals surface area contributed by atoms with Crippen molar-refractivity contribution in [3.05, 3.63) is 69.4 Å². The number of nitro benzene ring substituents is 1. The van der Waals surface area contributed by atoms with E-state index in [2.05, 4.69) is 4.57 Å². The maximum Gasteiger partial charge on any atom is 0.311 e. The normalized spacial score (nSPS) is 16.4. The minimum absolute atomic E-state index is 0.0555. The number of hydrogen-bond acceptors (Lipinski definition) is 3. The SMILES string of the molecule is Cc1cc([N+](=O)[O-])ccc1-n1c2c(c3ccccc31)C(C(=O)O)CCC2. The Kier molecular flexibility index (Phi) is 3.76. The minimum atomic E-state index is -0.797. The molecule has 26 heavy (non-hydrogen) atoms. The monoisotopic (exact) mass is 350 g/mol. The first-order chi connectivity index (χ1) is 12.5. The zero-order valence-corrected chi connectivity index (χ0v) is 14.3. The molecule has 0 amide bonds. The van der Waals surface area contributed by atoms with Crippen LogP contribution in [-0.4, -0.2) is 20.6 Å². The van der Waals surface area contributed by atoms with Crippen LogP contribution in [0.15, 0.2) is 42.5 Å². The summed E-state index contributed by atoms with van der Waals surface area (Å²) in [5.74, 6) is -1.31. The molecule has 132 valence electrons. The van der Waals surface area contributed by atoms with Gasteiger partial charge in [-0.3, -0.25) is 14.9 Å². The zero-order valence-electron chi connectivity index (χ0n) is 14.3. The van der Waals surface area contributed by atoms with Crippen LogP contribution >= 0.6 is 0 Å². The fraction of sp³-hybridized carbons (Fsp3) is 0.250. The van der Waals surface area contributed by atoms with Crippen molar-refractivity contribution in [3.8, 4) is 5.69 Å². The summed E-state index contributed by atoms with van der Waals surface area (Å²) in [7, 11) is 0. The smallest absolute Gasteiger partial charge is 0.311 e. The molecule has 1 aliphatic carbocycles. The Morgan fingerprint density at radius 1 is 1.27 bits per heavy atom. The number of carboxylic acid groups (broad SMARTS) is 1. The van der Waals surface area contributed by atoms with E-state index in [-0.39, 0.29) is 5.69 Å². The van der Waals surface area contributed by atoms with Gasteiger partial charge in [-0.15, -0.1) is 0 Å². The molecular weight excluding hydrogens is 332 g/mol. The number of fused-ring (bicyclic) bond motifs is 3. The average molecular weight is 350 g/mol. The van der Waals surface area contributed by atoms with Crippen LogP contribution in [0.5, 0.6) is 0 Å². The summed E-state index contributed by atoms with van der Waals surface area (Å²) in [4.78, 5) is 22.5. The number of aliphatic carboxylic acids is 1. The van der Waals surface area contributed by atoms with Crippen molar-refractivity contribution >= 4 is 22.6 Å². The van der Waals surface area contributed by atoms with Crippen molar-refractivity contribution in [2.24, 2.45) is 0 Å². The van der Waals surface area contributed by atoms with Crippen LogP contribution in [-0.2, 0) is 11.2 Å². The van der Waals surface area contributed by atoms with Gasteiger partial charge in [0, 0.05) is 28.9 Å². The molecule has 0 saturated heterocycles. The van der Waals surface area contributed by atoms with Gasteiger partial charge in [0.25, 0.3) is 5.69 Å². The lowest BCUT2D eigenvalue weighted by molar-refractivity contribution is -0.384. The third-order valence-corrected chi connectivity index (χ3v) is 5.20. The highest BCUT2D eigenvalue weighted by Gasteiger charge is 2.32. The molecule has 1 atom stereocenters. The fourth-order valence-electron chi connectivity index (χ4n) is 4.10. The highest BCUT2D eigenvalue weighted by Crippen LogP contribution is 2.41. The molecule has 0 saturated carbocycles. The standard InChI is InChI=1S/C20H18N2O4/c1-12-11-13(22(25)26)9-10-16(12)21-17-7-3-2-5-14(17)19-15(20(23)24)6-4-8-18(19)21/h2-3,5,7,9-11,15H,4,6,8H2,1H3,(H,23,24). The molecule has 1 unspecified atom stereocenters. The average Bonchev–Trinajstić information content (AvgIpc) is 2.96. The number of rotatable bonds is 3. The Morgan fingerprint density at radius 2 is 2.04 bits per heavy atom. The molecule has 0 aliphatic heterocycles. The molecule has 0 radical (unpaired) electrons. The zero-order chi connectivity index (χ0) is 18.4. The molecule has 6 nitrogen and oxygen atoms in total. The molecule has 0 bridgehead atoms. The van der Waals surface area contributed by atoms with E-state index in [0.717, 1.165) is 46.3 Å². The topological polar surface area (TPSA) is 85.4 Å². The number of aryl methyl sites for hydroxylation is 1. The van der Waals surface area contributed by atoms with Crippen LogP contribution in [0.4, 0.5) is 5.69 Å². The van der Waals surface area contributed by atoms with Gasteiger partial charge in [-0.1, -0.05) is 18.2 Å². The molecule has 6 heteroatoms. The number of carbonyl (C=O) groups is 1. The summed E-state index contributed by atoms with van der Waals surface area (Å²) in [5.41, 5.74) is 4.54. The predicted octanol–water partition coefficient (Wildman–Crippen LogP) is 4.35. The fourth-order valence-corrected chi connectivity index (χ4v) is 4.10. The van der Waals surface area contributed by atoms with Gasteiger partial charge in [-0.05, 0) is 49.4 Å². The number of nitro groups is 1. The Labute approximate surface area is 149 Å². The lowest BCUT2D eigenvalue weighted by Crippen LogP contribution is -2.18. The van der Waals surface area contributed by atoms with Crippen molar-refractivity contribution in [1.82, 2.24) is 4.57 Å². The first-order valence-corrected chi connectivity index (χ1v) is 8.59. The van der Waals surface area contributed by atoms with E-state index in [9.17, 15) is 20.0 Å². The van der Waals surface area contributed by atoms with Crippen LogP contribution < -0.4 is 0 Å². The molecule has 1 heterocycles. The molecule has 0 spiro atoms. The van der Waals surface area contributed by atoms with Gasteiger partial charge in [-0.25, -0.2) is 0 Å². The number of para-hydroxylation sites is 1. The second kappa shape index (κ2) is 5.98. The number of hydrogen-bond donors (Lipinski definition) is 1. The lowest BCUT2D eigenvalue weighted by atomic mass is 9.85. The van der Waals surface area contributed by atoms with Gasteiger partial charge in [0.05, 0.1) is 16.4 Å². The van der Waals surface area contributed by atoms with Crippen LogP contribution in [0.1, 0.15) is 35.6 Å². The summed E-state index contributed by atoms with van der Waals surface area (Å²) in [5, 5.41) is 21.7. The molecule has 3 aromatic rings. The van der Waals surface area contributed by atoms with Crippen LogP contribution in [0.2, 0.25) is 0 Å². The van der Waals surface area contributed by atoms with Gasteiger partial charge in [0.2, 0.25) is 0 Å². The summed E-state index contributed by atoms with van der Waals surface area (Å²) in [6, 6.07) is 12.6. The first kappa shape index (κ1) is 16.3. The predicted molar refractivity (Wildman–Crippen MR) is 98.0 cm³/mol. The number of aromatic nitrogens is 1. The van der Waals surface area contributed by atoms with Crippen LogP contribution in [0.25, 0.3) is 16.6 Å². The summed E-state index contributed by atoms with van der Waals surface area (Å²) in [6.07, 6.45) is 2.24. The summed E-state index contributed by atoms with van der Waals surface area (Å²) >= 11 is 0. The Hall–Kier alpha value is -3.15. The van der Waals surface area contributed by atoms with Crippen molar-refractivity contribution in [2.75, 3.05) is 0 Å². The van der Waals surface area contributed by atoms with E-state index in [1.165, 1.54) is 6.07 Å². The third kappa shape index (κ3) is 2.37. The highest BCUT2D eigenvalue weighted by atomic mass is 16.6. The van der Waals surface area contributed by atoms with Gasteiger partial charge in [0.15, 0.2) is 0 Å². The van der Waals surface area contributed by atoms with Gasteiger partial charge in [-0.2, -0.15) is 0 Å². The van der Waals surface area contributed by atoms with Gasteiger partial charge < -0.3 is 9.67 Å². The number of carboxylic acids is 1. The third-order valence-electron chi connectivity index (χ3n) is 5.20. The molecule has 1 aliphatic rings. The maximum absolute atomic E-state index is 11.8. The van der Waals surface area contributed by atoms with E-state index in [0.29, 0.717) is 6.42 Å². The molecule has 1 aromatic heterocycles. The van der Waals surface area contributed by atoms with Crippen LogP contribution in [0.3, 0.4) is 0 Å². The number of benzene rings is 2. The molecule has 2 aromatic carbocycles. The Morgan fingerprint density at radius 3 is 2.73 bits per heavy atom. The van der Waals surface area contributed by atoms with E-state index >= 15 is 0 Å². The van der Waals surface area contributed by atoms with E-state index in [1.807, 2.05) is 31.2 Å². The Balaban J connectivity index is 2.03. The van der Waals surface area contributed by atoms with Crippen molar-refractivity contribution in [2.45, 2.75) is 32.1 Å². The highest BCUT2D eigenvalue weighted by molar-refractivity contribution is 5.93. The van der Waals surface area contributed by atoms with E-state index < -0.39 is 16.8 Å². The lowest BCUT2D eigenvalue weighted by Gasteiger charge is -2.22. The first-order valence-electron chi connectivity index (χ1n) is 8.59. The van der Waals surface area contributed by atoms with Crippen molar-refractivity contribution in [1.29, 1.82) is 0 Å². The van der Waals surface area contributed by atoms with Crippen LogP contribution in [0, 0.1) is 17.0 Å². The number of non-ortho nitro benzene ring substituents is 1. The van der Waals surface area contributed by atoms with Gasteiger partial charge >= 0.3 is 5.97 Å². The number of nitrogens with zero attached hydrogens (tertiary/aromatic N) is 2. The molecule has 0 fully saturated rings. The van der Waals surface area contributed by atoms with E-state index in [1.54, 1.807) is 12.1 Å².